The summed E-state index contributed by atoms with van der Waals surface area (Å²) in [5, 5.41) is 0. The van der Waals surface area contributed by atoms with Crippen molar-refractivity contribution in [3.63, 3.8) is 0 Å². The van der Waals surface area contributed by atoms with Crippen molar-refractivity contribution in [2.24, 2.45) is 5.92 Å². The summed E-state index contributed by atoms with van der Waals surface area (Å²) in [6.07, 6.45) is 5.72. The molecule has 0 amide bonds. The molecule has 1 N–H and O–H groups in total. The largest absolute Gasteiger partial charge is 0.297 e. The fourth-order valence-corrected chi connectivity index (χ4v) is 2.22. The van der Waals surface area contributed by atoms with Gasteiger partial charge in [0.15, 0.2) is 0 Å². The molecule has 0 saturated heterocycles. The predicted molar refractivity (Wildman–Crippen MR) is 65.7 cm³/mol. The molecule has 1 aliphatic carbocycles. The number of hydrogen-bond acceptors (Lipinski definition) is 2. The van der Waals surface area contributed by atoms with Crippen molar-refractivity contribution in [2.75, 3.05) is 0 Å². The van der Waals surface area contributed by atoms with Crippen LogP contribution in [-0.4, -0.2) is 6.04 Å². The van der Waals surface area contributed by atoms with E-state index in [1.807, 2.05) is 24.3 Å². The minimum atomic E-state index is 0.446. The molecule has 1 saturated carbocycles. The van der Waals surface area contributed by atoms with Crippen LogP contribution in [0.5, 0.6) is 0 Å². The maximum Gasteiger partial charge on any atom is 0.0933 e. The first kappa shape index (κ1) is 11.4. The third-order valence-electron chi connectivity index (χ3n) is 3.19. The second kappa shape index (κ2) is 5.83. The highest BCUT2D eigenvalue weighted by atomic mass is 16.6. The first-order chi connectivity index (χ1) is 7.90. The van der Waals surface area contributed by atoms with E-state index >= 15 is 0 Å². The molecule has 0 spiro atoms. The van der Waals surface area contributed by atoms with Crippen LogP contribution >= 0.6 is 0 Å². The third-order valence-corrected chi connectivity index (χ3v) is 3.19. The molecule has 1 fully saturated rings. The molecule has 2 nitrogen and oxygen atoms in total. The van der Waals surface area contributed by atoms with Gasteiger partial charge in [0.25, 0.3) is 0 Å². The van der Waals surface area contributed by atoms with Crippen molar-refractivity contribution in [2.45, 2.75) is 31.9 Å². The second-order valence-corrected chi connectivity index (χ2v) is 4.33. The summed E-state index contributed by atoms with van der Waals surface area (Å²) in [7, 11) is 0. The van der Waals surface area contributed by atoms with E-state index in [0.717, 1.165) is 0 Å². The summed E-state index contributed by atoms with van der Waals surface area (Å²) in [5.74, 6) is 0.566. The lowest BCUT2D eigenvalue weighted by atomic mass is 10.1. The van der Waals surface area contributed by atoms with Gasteiger partial charge >= 0.3 is 0 Å². The van der Waals surface area contributed by atoms with Gasteiger partial charge in [-0.05, 0) is 24.3 Å². The molecule has 2 rings (SSSR count). The zero-order chi connectivity index (χ0) is 11.2. The van der Waals surface area contributed by atoms with Crippen LogP contribution in [0.4, 0.5) is 0 Å². The fraction of sp³-hybridized carbons (Fsp3) is 0.429. The Labute approximate surface area is 97.3 Å². The Morgan fingerprint density at radius 3 is 2.88 bits per heavy atom. The van der Waals surface area contributed by atoms with Crippen LogP contribution < -0.4 is 5.48 Å². The zero-order valence-corrected chi connectivity index (χ0v) is 9.56. The summed E-state index contributed by atoms with van der Waals surface area (Å²) >= 11 is 0. The molecule has 0 radical (unpaired) electrons. The van der Waals surface area contributed by atoms with Crippen molar-refractivity contribution in [3.05, 3.63) is 48.6 Å². The van der Waals surface area contributed by atoms with Gasteiger partial charge < -0.3 is 0 Å². The molecule has 2 atom stereocenters. The van der Waals surface area contributed by atoms with E-state index in [4.69, 9.17) is 4.84 Å². The van der Waals surface area contributed by atoms with E-state index in [9.17, 15) is 0 Å². The van der Waals surface area contributed by atoms with Gasteiger partial charge in [0.1, 0.15) is 0 Å². The van der Waals surface area contributed by atoms with Crippen molar-refractivity contribution >= 4 is 0 Å². The lowest BCUT2D eigenvalue weighted by Gasteiger charge is -2.17. The molecule has 2 unspecified atom stereocenters. The van der Waals surface area contributed by atoms with E-state index < -0.39 is 0 Å². The second-order valence-electron chi connectivity index (χ2n) is 4.33. The summed E-state index contributed by atoms with van der Waals surface area (Å²) < 4.78 is 0. The van der Waals surface area contributed by atoms with E-state index in [1.54, 1.807) is 0 Å². The van der Waals surface area contributed by atoms with Gasteiger partial charge in [-0.15, -0.1) is 6.58 Å². The predicted octanol–water partition coefficient (Wildman–Crippen LogP) is 3.06. The van der Waals surface area contributed by atoms with Gasteiger partial charge in [0.2, 0.25) is 0 Å². The van der Waals surface area contributed by atoms with Crippen molar-refractivity contribution in [1.29, 1.82) is 0 Å². The molecule has 0 aliphatic heterocycles. The Hall–Kier alpha value is -1.12. The van der Waals surface area contributed by atoms with Gasteiger partial charge in [-0.3, -0.25) is 4.84 Å². The Balaban J connectivity index is 1.74. The molecular weight excluding hydrogens is 198 g/mol. The van der Waals surface area contributed by atoms with Crippen molar-refractivity contribution in [1.82, 2.24) is 5.48 Å². The van der Waals surface area contributed by atoms with Crippen molar-refractivity contribution in [3.8, 4) is 0 Å². The number of rotatable bonds is 5. The molecule has 86 valence electrons. The molecule has 0 aromatic heterocycles. The lowest BCUT2D eigenvalue weighted by Crippen LogP contribution is -2.31. The van der Waals surface area contributed by atoms with E-state index in [1.165, 1.54) is 24.8 Å². The number of benzene rings is 1. The Morgan fingerprint density at radius 1 is 1.31 bits per heavy atom. The summed E-state index contributed by atoms with van der Waals surface area (Å²) in [6.45, 7) is 4.49. The van der Waals surface area contributed by atoms with Gasteiger partial charge in [-0.1, -0.05) is 42.8 Å². The topological polar surface area (TPSA) is 21.3 Å². The first-order valence-corrected chi connectivity index (χ1v) is 5.94. The van der Waals surface area contributed by atoms with Crippen LogP contribution in [0.15, 0.2) is 43.0 Å². The number of hydrogen-bond donors (Lipinski definition) is 1. The summed E-state index contributed by atoms with van der Waals surface area (Å²) in [4.78, 5) is 5.54. The number of nitrogens with one attached hydrogen (secondary N) is 1. The van der Waals surface area contributed by atoms with Gasteiger partial charge in [-0.2, -0.15) is 5.48 Å². The van der Waals surface area contributed by atoms with E-state index in [-0.39, 0.29) is 0 Å². The quantitative estimate of drug-likeness (QED) is 0.604. The highest BCUT2D eigenvalue weighted by molar-refractivity contribution is 5.13. The Bertz CT molecular complexity index is 323. The highest BCUT2D eigenvalue weighted by Gasteiger charge is 2.24. The normalized spacial score (nSPS) is 24.5. The minimum Gasteiger partial charge on any atom is -0.297 e. The monoisotopic (exact) mass is 217 g/mol. The van der Waals surface area contributed by atoms with Crippen LogP contribution in [-0.2, 0) is 11.4 Å². The number of hydroxylamine groups is 1. The highest BCUT2D eigenvalue weighted by Crippen LogP contribution is 2.26. The lowest BCUT2D eigenvalue weighted by molar-refractivity contribution is -0.00101. The van der Waals surface area contributed by atoms with E-state index in [2.05, 4.69) is 24.2 Å². The standard InChI is InChI=1S/C14H19NO/c1-2-13-9-6-10-14(13)15-16-11-12-7-4-3-5-8-12/h2-5,7-8,13-15H,1,6,9-11H2. The van der Waals surface area contributed by atoms with Crippen LogP contribution in [0.1, 0.15) is 24.8 Å². The molecule has 1 aliphatic rings. The van der Waals surface area contributed by atoms with Gasteiger partial charge in [0, 0.05) is 6.04 Å². The molecule has 16 heavy (non-hydrogen) atoms. The third kappa shape index (κ3) is 2.94. The van der Waals surface area contributed by atoms with Gasteiger partial charge in [0.05, 0.1) is 6.61 Å². The Morgan fingerprint density at radius 2 is 2.12 bits per heavy atom. The van der Waals surface area contributed by atoms with Crippen LogP contribution in [0, 0.1) is 5.92 Å². The molecule has 1 aromatic carbocycles. The molecule has 2 heteroatoms. The summed E-state index contributed by atoms with van der Waals surface area (Å²) in [6, 6.07) is 10.7. The zero-order valence-electron chi connectivity index (χ0n) is 9.56. The van der Waals surface area contributed by atoms with E-state index in [0.29, 0.717) is 18.6 Å². The van der Waals surface area contributed by atoms with Crippen LogP contribution in [0.3, 0.4) is 0 Å². The molecular formula is C14H19NO. The Kier molecular flexibility index (Phi) is 4.14. The maximum absolute atomic E-state index is 5.54. The smallest absolute Gasteiger partial charge is 0.0933 e. The van der Waals surface area contributed by atoms with Crippen LogP contribution in [0.2, 0.25) is 0 Å². The van der Waals surface area contributed by atoms with Gasteiger partial charge in [-0.25, -0.2) is 0 Å². The molecule has 0 bridgehead atoms. The summed E-state index contributed by atoms with van der Waals surface area (Å²) in [5.41, 5.74) is 4.36. The minimum absolute atomic E-state index is 0.446. The molecule has 0 heterocycles. The van der Waals surface area contributed by atoms with Crippen molar-refractivity contribution < 1.29 is 4.84 Å². The van der Waals surface area contributed by atoms with Crippen LogP contribution in [0.25, 0.3) is 0 Å². The SMILES string of the molecule is C=CC1CCCC1NOCc1ccccc1. The first-order valence-electron chi connectivity index (χ1n) is 5.94. The maximum atomic E-state index is 5.54. The average Bonchev–Trinajstić information content (AvgIpc) is 2.78. The molecule has 1 aromatic rings. The fourth-order valence-electron chi connectivity index (χ4n) is 2.22. The average molecular weight is 217 g/mol.